The van der Waals surface area contributed by atoms with E-state index in [1.54, 1.807) is 0 Å². The number of para-hydroxylation sites is 1. The summed E-state index contributed by atoms with van der Waals surface area (Å²) in [5.41, 5.74) is 7.06. The molecule has 1 unspecified atom stereocenters. The van der Waals surface area contributed by atoms with Crippen molar-refractivity contribution in [2.45, 2.75) is 32.2 Å². The molecule has 0 saturated heterocycles. The highest BCUT2D eigenvalue weighted by Gasteiger charge is 2.12. The zero-order valence-electron chi connectivity index (χ0n) is 9.82. The lowest BCUT2D eigenvalue weighted by molar-refractivity contribution is 0.558. The molecule has 84 valence electrons. The van der Waals surface area contributed by atoms with Gasteiger partial charge in [0, 0.05) is 25.3 Å². The van der Waals surface area contributed by atoms with Gasteiger partial charge in [0.2, 0.25) is 0 Å². The molecular formula is C13H22N2. The van der Waals surface area contributed by atoms with Gasteiger partial charge in [-0.05, 0) is 18.6 Å². The number of hydrogen-bond acceptors (Lipinski definition) is 2. The fourth-order valence-electron chi connectivity index (χ4n) is 1.78. The third-order valence-electron chi connectivity index (χ3n) is 2.87. The van der Waals surface area contributed by atoms with E-state index in [4.69, 9.17) is 5.73 Å². The molecule has 0 heterocycles. The first-order valence-electron chi connectivity index (χ1n) is 5.77. The third-order valence-corrected chi connectivity index (χ3v) is 2.87. The second-order valence-electron chi connectivity index (χ2n) is 3.98. The topological polar surface area (TPSA) is 29.3 Å². The number of likely N-dealkylation sites (N-methyl/N-ethyl adjacent to an activating group) is 1. The molecule has 2 N–H and O–H groups in total. The van der Waals surface area contributed by atoms with Crippen molar-refractivity contribution >= 4 is 5.69 Å². The molecular weight excluding hydrogens is 184 g/mol. The van der Waals surface area contributed by atoms with Crippen LogP contribution >= 0.6 is 0 Å². The molecule has 1 aromatic rings. The molecule has 0 saturated carbocycles. The summed E-state index contributed by atoms with van der Waals surface area (Å²) in [6.07, 6.45) is 3.66. The predicted molar refractivity (Wildman–Crippen MR) is 67.2 cm³/mol. The minimum Gasteiger partial charge on any atom is -0.370 e. The van der Waals surface area contributed by atoms with E-state index in [2.05, 4.69) is 43.1 Å². The maximum Gasteiger partial charge on any atom is 0.0409 e. The Kier molecular flexibility index (Phi) is 5.19. The van der Waals surface area contributed by atoms with Gasteiger partial charge in [-0.15, -0.1) is 0 Å². The molecule has 0 aliphatic heterocycles. The minimum atomic E-state index is 0.465. The summed E-state index contributed by atoms with van der Waals surface area (Å²) in [7, 11) is 2.13. The summed E-state index contributed by atoms with van der Waals surface area (Å²) in [4.78, 5) is 2.29. The summed E-state index contributed by atoms with van der Waals surface area (Å²) >= 11 is 0. The van der Waals surface area contributed by atoms with Gasteiger partial charge < -0.3 is 10.6 Å². The highest BCUT2D eigenvalue weighted by atomic mass is 15.1. The molecule has 0 amide bonds. The lowest BCUT2D eigenvalue weighted by atomic mass is 10.1. The maximum absolute atomic E-state index is 5.81. The lowest BCUT2D eigenvalue weighted by Gasteiger charge is -2.29. The first-order chi connectivity index (χ1) is 7.29. The summed E-state index contributed by atoms with van der Waals surface area (Å²) < 4.78 is 0. The average Bonchev–Trinajstić information content (AvgIpc) is 2.31. The van der Waals surface area contributed by atoms with Crippen molar-refractivity contribution in [3.8, 4) is 0 Å². The van der Waals surface area contributed by atoms with Gasteiger partial charge in [0.1, 0.15) is 0 Å². The summed E-state index contributed by atoms with van der Waals surface area (Å²) in [5.74, 6) is 0. The predicted octanol–water partition coefficient (Wildman–Crippen LogP) is 2.64. The van der Waals surface area contributed by atoms with E-state index in [0.717, 1.165) is 6.54 Å². The molecule has 0 aliphatic rings. The van der Waals surface area contributed by atoms with E-state index in [0.29, 0.717) is 6.04 Å². The van der Waals surface area contributed by atoms with Crippen LogP contribution in [0.5, 0.6) is 0 Å². The Balaban J connectivity index is 2.60. The molecule has 15 heavy (non-hydrogen) atoms. The van der Waals surface area contributed by atoms with Crippen LogP contribution in [0.3, 0.4) is 0 Å². The Morgan fingerprint density at radius 1 is 1.27 bits per heavy atom. The quantitative estimate of drug-likeness (QED) is 0.775. The van der Waals surface area contributed by atoms with Crippen LogP contribution in [0.1, 0.15) is 26.2 Å². The van der Waals surface area contributed by atoms with Crippen molar-refractivity contribution in [1.82, 2.24) is 0 Å². The summed E-state index contributed by atoms with van der Waals surface area (Å²) in [6, 6.07) is 10.9. The zero-order valence-corrected chi connectivity index (χ0v) is 9.82. The van der Waals surface area contributed by atoms with Gasteiger partial charge in [-0.1, -0.05) is 38.0 Å². The number of nitrogens with two attached hydrogens (primary N) is 1. The van der Waals surface area contributed by atoms with Crippen LogP contribution in [0.2, 0.25) is 0 Å². The normalized spacial score (nSPS) is 12.5. The van der Waals surface area contributed by atoms with E-state index in [9.17, 15) is 0 Å². The van der Waals surface area contributed by atoms with E-state index in [1.807, 2.05) is 6.07 Å². The standard InChI is InChI=1S/C13H22N2/c1-3-4-8-13(11-14)15(2)12-9-6-5-7-10-12/h5-7,9-10,13H,3-4,8,11,14H2,1-2H3. The van der Waals surface area contributed by atoms with Gasteiger partial charge in [0.15, 0.2) is 0 Å². The number of anilines is 1. The second kappa shape index (κ2) is 6.46. The molecule has 0 bridgehead atoms. The molecule has 1 aromatic carbocycles. The maximum atomic E-state index is 5.81. The Labute approximate surface area is 93.1 Å². The number of benzene rings is 1. The van der Waals surface area contributed by atoms with Crippen LogP contribution in [0.4, 0.5) is 5.69 Å². The van der Waals surface area contributed by atoms with Crippen LogP contribution in [0, 0.1) is 0 Å². The Morgan fingerprint density at radius 3 is 2.47 bits per heavy atom. The Morgan fingerprint density at radius 2 is 1.93 bits per heavy atom. The fourth-order valence-corrected chi connectivity index (χ4v) is 1.78. The zero-order chi connectivity index (χ0) is 11.1. The first-order valence-corrected chi connectivity index (χ1v) is 5.77. The minimum absolute atomic E-state index is 0.465. The second-order valence-corrected chi connectivity index (χ2v) is 3.98. The monoisotopic (exact) mass is 206 g/mol. The molecule has 0 aliphatic carbocycles. The number of nitrogens with zero attached hydrogens (tertiary/aromatic N) is 1. The molecule has 2 nitrogen and oxygen atoms in total. The summed E-state index contributed by atoms with van der Waals surface area (Å²) in [5, 5.41) is 0. The van der Waals surface area contributed by atoms with E-state index in [1.165, 1.54) is 24.9 Å². The van der Waals surface area contributed by atoms with Crippen LogP contribution in [-0.2, 0) is 0 Å². The van der Waals surface area contributed by atoms with Crippen molar-refractivity contribution in [1.29, 1.82) is 0 Å². The molecule has 0 radical (unpaired) electrons. The molecule has 0 fully saturated rings. The highest BCUT2D eigenvalue weighted by molar-refractivity contribution is 5.46. The van der Waals surface area contributed by atoms with E-state index < -0.39 is 0 Å². The van der Waals surface area contributed by atoms with Gasteiger partial charge >= 0.3 is 0 Å². The number of hydrogen-bond donors (Lipinski definition) is 1. The van der Waals surface area contributed by atoms with Crippen molar-refractivity contribution in [2.75, 3.05) is 18.5 Å². The van der Waals surface area contributed by atoms with Crippen molar-refractivity contribution in [3.63, 3.8) is 0 Å². The van der Waals surface area contributed by atoms with Crippen LogP contribution in [0.25, 0.3) is 0 Å². The largest absolute Gasteiger partial charge is 0.370 e. The summed E-state index contributed by atoms with van der Waals surface area (Å²) in [6.45, 7) is 2.95. The van der Waals surface area contributed by atoms with Crippen molar-refractivity contribution < 1.29 is 0 Å². The fraction of sp³-hybridized carbons (Fsp3) is 0.538. The van der Waals surface area contributed by atoms with Gasteiger partial charge in [-0.25, -0.2) is 0 Å². The number of unbranched alkanes of at least 4 members (excludes halogenated alkanes) is 1. The van der Waals surface area contributed by atoms with Crippen LogP contribution in [-0.4, -0.2) is 19.6 Å². The van der Waals surface area contributed by atoms with Crippen LogP contribution in [0.15, 0.2) is 30.3 Å². The van der Waals surface area contributed by atoms with Crippen molar-refractivity contribution in [2.24, 2.45) is 5.73 Å². The molecule has 0 aromatic heterocycles. The first kappa shape index (κ1) is 12.1. The molecule has 1 rings (SSSR count). The van der Waals surface area contributed by atoms with Gasteiger partial charge in [0.25, 0.3) is 0 Å². The average molecular weight is 206 g/mol. The lowest BCUT2D eigenvalue weighted by Crippen LogP contribution is -2.37. The number of rotatable bonds is 6. The molecule has 2 heteroatoms. The molecule has 1 atom stereocenters. The van der Waals surface area contributed by atoms with Crippen LogP contribution < -0.4 is 10.6 Å². The third kappa shape index (κ3) is 3.56. The highest BCUT2D eigenvalue weighted by Crippen LogP contribution is 2.16. The smallest absolute Gasteiger partial charge is 0.0409 e. The molecule has 0 spiro atoms. The Bertz CT molecular complexity index is 258. The van der Waals surface area contributed by atoms with E-state index in [-0.39, 0.29) is 0 Å². The van der Waals surface area contributed by atoms with Gasteiger partial charge in [-0.3, -0.25) is 0 Å². The van der Waals surface area contributed by atoms with Gasteiger partial charge in [-0.2, -0.15) is 0 Å². The van der Waals surface area contributed by atoms with Gasteiger partial charge in [0.05, 0.1) is 0 Å². The Hall–Kier alpha value is -1.02. The van der Waals surface area contributed by atoms with E-state index >= 15 is 0 Å². The van der Waals surface area contributed by atoms with Crippen molar-refractivity contribution in [3.05, 3.63) is 30.3 Å². The SMILES string of the molecule is CCCCC(CN)N(C)c1ccccc1.